The van der Waals surface area contributed by atoms with E-state index in [2.05, 4.69) is 20.9 Å². The highest BCUT2D eigenvalue weighted by molar-refractivity contribution is 6.24. The van der Waals surface area contributed by atoms with Gasteiger partial charge >= 0.3 is 6.18 Å². The SMILES string of the molecule is [2H]C1([2H])N(CC2CCN(c3ccc(Nc4cc(Nc5ccccc5C(=O)NC)c(C(F)(F)F)cn4)c(OC)c3)CC2)C([2H])([2H])C([2H])([2H])N(c2cc(F)c3c(c2)C(=O)N(C2CCC(=O)NC2=O)C3=O)C1([2H])[2H]. The third-order valence-corrected chi connectivity index (χ3v) is 11.1. The number of fused-ring (bicyclic) bond motifs is 1. The number of anilines is 6. The van der Waals surface area contributed by atoms with Gasteiger partial charge in [-0.25, -0.2) is 9.37 Å². The van der Waals surface area contributed by atoms with Gasteiger partial charge in [-0.3, -0.25) is 39.1 Å². The van der Waals surface area contributed by atoms with Crippen LogP contribution in [0.1, 0.15) is 73.3 Å². The summed E-state index contributed by atoms with van der Waals surface area (Å²) < 4.78 is 136. The molecule has 19 heteroatoms. The number of hydrogen-bond acceptors (Lipinski definition) is 12. The van der Waals surface area contributed by atoms with Crippen molar-refractivity contribution in [2.24, 2.45) is 5.92 Å². The molecular weight excluding hydrogens is 827 g/mol. The van der Waals surface area contributed by atoms with E-state index in [1.807, 2.05) is 10.2 Å². The van der Waals surface area contributed by atoms with Crippen LogP contribution in [0.2, 0.25) is 0 Å². The number of benzene rings is 3. The molecule has 5 amide bonds. The van der Waals surface area contributed by atoms with E-state index in [4.69, 9.17) is 15.7 Å². The maximum absolute atomic E-state index is 15.9. The predicted octanol–water partition coefficient (Wildman–Crippen LogP) is 5.53. The number of para-hydroxylation sites is 1. The van der Waals surface area contributed by atoms with Gasteiger partial charge in [-0.1, -0.05) is 12.1 Å². The van der Waals surface area contributed by atoms with E-state index in [9.17, 15) is 37.1 Å². The number of aromatic nitrogens is 1. The van der Waals surface area contributed by atoms with Crippen LogP contribution >= 0.6 is 0 Å². The summed E-state index contributed by atoms with van der Waals surface area (Å²) in [4.78, 5) is 70.6. The Balaban J connectivity index is 0.973. The fraction of sp³-hybridized carbons (Fsp3) is 0.364. The maximum atomic E-state index is 15.9. The lowest BCUT2D eigenvalue weighted by Gasteiger charge is -2.40. The number of amides is 5. The van der Waals surface area contributed by atoms with Gasteiger partial charge in [-0.15, -0.1) is 0 Å². The van der Waals surface area contributed by atoms with E-state index >= 15 is 4.39 Å². The molecule has 4 aliphatic heterocycles. The summed E-state index contributed by atoms with van der Waals surface area (Å²) in [5, 5.41) is 10.2. The molecule has 63 heavy (non-hydrogen) atoms. The van der Waals surface area contributed by atoms with Crippen molar-refractivity contribution in [2.75, 3.05) is 80.2 Å². The number of halogens is 4. The van der Waals surface area contributed by atoms with Crippen LogP contribution in [0, 0.1) is 11.7 Å². The van der Waals surface area contributed by atoms with Crippen molar-refractivity contribution in [3.8, 4) is 5.75 Å². The molecule has 0 radical (unpaired) electrons. The Morgan fingerprint density at radius 2 is 1.63 bits per heavy atom. The first-order chi connectivity index (χ1) is 33.2. The van der Waals surface area contributed by atoms with E-state index in [1.165, 1.54) is 26.3 Å². The molecule has 0 aliphatic carbocycles. The minimum Gasteiger partial charge on any atom is -0.494 e. The smallest absolute Gasteiger partial charge is 0.419 e. The van der Waals surface area contributed by atoms with Gasteiger partial charge in [0.1, 0.15) is 23.4 Å². The van der Waals surface area contributed by atoms with Crippen molar-refractivity contribution in [1.29, 1.82) is 0 Å². The number of nitrogens with zero attached hydrogens (tertiary/aromatic N) is 5. The first-order valence-corrected chi connectivity index (χ1v) is 19.7. The molecule has 3 fully saturated rings. The highest BCUT2D eigenvalue weighted by Gasteiger charge is 2.46. The summed E-state index contributed by atoms with van der Waals surface area (Å²) in [6.45, 7) is -13.4. The molecule has 4 aromatic rings. The lowest BCUT2D eigenvalue weighted by atomic mass is 9.95. The summed E-state index contributed by atoms with van der Waals surface area (Å²) >= 11 is 0. The summed E-state index contributed by atoms with van der Waals surface area (Å²) in [5.74, 6) is -6.24. The summed E-state index contributed by atoms with van der Waals surface area (Å²) in [7, 11) is 2.78. The van der Waals surface area contributed by atoms with Gasteiger partial charge in [-0.2, -0.15) is 13.2 Å². The van der Waals surface area contributed by atoms with E-state index in [-0.39, 0.29) is 46.2 Å². The first kappa shape index (κ1) is 33.8. The number of piperazine rings is 1. The standard InChI is InChI=1S/C44H45F4N9O6/c1-49-40(59)28-5-3-4-6-32(28)51-34-22-37(50-23-30(34)44(46,47)48)52-33-8-7-26(21-36(33)63-2)55-13-11-25(12-14-55)24-54-15-17-56(18-16-54)27-19-29-39(31(45)20-27)43(62)57(42(29)61)35-9-10-38(58)53-41(35)60/h3-8,19-23,25,35H,9-18,24H2,1-2H3,(H,49,59)(H2,50,51,52)(H,53,58,60)/i15D2,16D2,17D2,18D2. The monoisotopic (exact) mass is 879 g/mol. The van der Waals surface area contributed by atoms with Crippen molar-refractivity contribution >= 4 is 63.8 Å². The number of carbonyl (C=O) groups is 5. The van der Waals surface area contributed by atoms with Crippen molar-refractivity contribution in [1.82, 2.24) is 25.4 Å². The molecule has 4 aliphatic rings. The van der Waals surface area contributed by atoms with Crippen LogP contribution < -0.4 is 35.8 Å². The summed E-state index contributed by atoms with van der Waals surface area (Å²) in [6, 6.07) is 12.0. The van der Waals surface area contributed by atoms with Gasteiger partial charge in [-0.05, 0) is 61.6 Å². The molecule has 5 heterocycles. The topological polar surface area (TPSA) is 169 Å². The Bertz CT molecular complexity index is 2830. The molecule has 1 unspecified atom stereocenters. The van der Waals surface area contributed by atoms with Gasteiger partial charge in [0.25, 0.3) is 17.7 Å². The molecule has 0 saturated carbocycles. The summed E-state index contributed by atoms with van der Waals surface area (Å²) in [6.07, 6.45) is -4.04. The van der Waals surface area contributed by atoms with Crippen LogP contribution in [0.25, 0.3) is 0 Å². The number of nitrogens with one attached hydrogen (secondary N) is 4. The number of pyridine rings is 1. The van der Waals surface area contributed by atoms with Gasteiger partial charge in [0.2, 0.25) is 11.8 Å². The normalized spacial score (nSPS) is 23.7. The molecule has 1 atom stereocenters. The Hall–Kier alpha value is -6.76. The minimum atomic E-state index is -4.80. The van der Waals surface area contributed by atoms with Crippen LogP contribution in [-0.4, -0.2) is 110 Å². The zero-order valence-corrected chi connectivity index (χ0v) is 33.7. The number of methoxy groups -OCH3 is 1. The number of ether oxygens (including phenoxy) is 1. The Morgan fingerprint density at radius 3 is 2.33 bits per heavy atom. The van der Waals surface area contributed by atoms with Gasteiger partial charge in [0, 0.05) is 94.3 Å². The van der Waals surface area contributed by atoms with Crippen molar-refractivity contribution in [3.05, 3.63) is 94.9 Å². The molecule has 8 rings (SSSR count). The average Bonchev–Trinajstić information content (AvgIpc) is 3.55. The molecular formula is C44H45F4N9O6. The largest absolute Gasteiger partial charge is 0.494 e. The first-order valence-electron chi connectivity index (χ1n) is 23.7. The maximum Gasteiger partial charge on any atom is 0.419 e. The number of alkyl halides is 3. The lowest BCUT2D eigenvalue weighted by molar-refractivity contribution is -0.137. The molecule has 330 valence electrons. The van der Waals surface area contributed by atoms with Crippen LogP contribution in [-0.2, 0) is 15.8 Å². The molecule has 4 N–H and O–H groups in total. The Labute approximate surface area is 371 Å². The van der Waals surface area contributed by atoms with Gasteiger partial charge in [0.05, 0.1) is 51.9 Å². The van der Waals surface area contributed by atoms with Crippen LogP contribution in [0.15, 0.2) is 66.9 Å². The Morgan fingerprint density at radius 1 is 0.889 bits per heavy atom. The third-order valence-electron chi connectivity index (χ3n) is 11.1. The third kappa shape index (κ3) is 8.82. The average molecular weight is 880 g/mol. The molecule has 3 aromatic carbocycles. The fourth-order valence-electron chi connectivity index (χ4n) is 7.83. The van der Waals surface area contributed by atoms with Crippen LogP contribution in [0.4, 0.5) is 51.8 Å². The van der Waals surface area contributed by atoms with E-state index in [0.717, 1.165) is 12.1 Å². The second-order valence-electron chi connectivity index (χ2n) is 15.0. The molecule has 15 nitrogen and oxygen atoms in total. The molecule has 1 aromatic heterocycles. The molecule has 0 bridgehead atoms. The van der Waals surface area contributed by atoms with Crippen molar-refractivity contribution in [3.63, 3.8) is 0 Å². The van der Waals surface area contributed by atoms with Crippen LogP contribution in [0.5, 0.6) is 5.75 Å². The number of carbonyl (C=O) groups excluding carboxylic acids is 5. The lowest BCUT2D eigenvalue weighted by Crippen LogP contribution is -2.54. The zero-order chi connectivity index (χ0) is 51.7. The highest BCUT2D eigenvalue weighted by atomic mass is 19.4. The summed E-state index contributed by atoms with van der Waals surface area (Å²) in [5.41, 5.74) is -2.56. The van der Waals surface area contributed by atoms with Crippen molar-refractivity contribution in [2.45, 2.75) is 37.9 Å². The van der Waals surface area contributed by atoms with E-state index < -0.39 is 108 Å². The zero-order valence-electron chi connectivity index (χ0n) is 41.7. The number of piperidine rings is 2. The number of rotatable bonds is 11. The van der Waals surface area contributed by atoms with E-state index in [0.29, 0.717) is 59.4 Å². The molecule has 0 spiro atoms. The van der Waals surface area contributed by atoms with Crippen LogP contribution in [0.3, 0.4) is 0 Å². The fourth-order valence-corrected chi connectivity index (χ4v) is 7.83. The second-order valence-corrected chi connectivity index (χ2v) is 15.0. The van der Waals surface area contributed by atoms with E-state index in [1.54, 1.807) is 30.3 Å². The number of hydrogen-bond donors (Lipinski definition) is 4. The predicted molar refractivity (Wildman–Crippen MR) is 225 cm³/mol. The van der Waals surface area contributed by atoms with Crippen molar-refractivity contribution < 1.29 is 57.2 Å². The van der Waals surface area contributed by atoms with Gasteiger partial charge < -0.3 is 30.5 Å². The highest BCUT2D eigenvalue weighted by Crippen LogP contribution is 2.40. The quantitative estimate of drug-likeness (QED) is 0.110. The molecule has 3 saturated heterocycles. The van der Waals surface area contributed by atoms with Gasteiger partial charge in [0.15, 0.2) is 0 Å². The second kappa shape index (κ2) is 17.5. The minimum absolute atomic E-state index is 0.00325. The number of imide groups is 2. The Kier molecular flexibility index (Phi) is 9.42.